The summed E-state index contributed by atoms with van der Waals surface area (Å²) in [5.74, 6) is 0. The van der Waals surface area contributed by atoms with Crippen molar-refractivity contribution in [2.24, 2.45) is 0 Å². The molecule has 0 N–H and O–H groups in total. The molecule has 0 aliphatic carbocycles. The van der Waals surface area contributed by atoms with Crippen molar-refractivity contribution >= 4 is 43.6 Å². The summed E-state index contributed by atoms with van der Waals surface area (Å²) in [6.07, 6.45) is 0. The second-order valence-electron chi connectivity index (χ2n) is 13.3. The molecule has 2 heterocycles. The first-order chi connectivity index (χ1) is 26.6. The molecule has 250 valence electrons. The maximum atomic E-state index is 10.6. The summed E-state index contributed by atoms with van der Waals surface area (Å²) in [6.45, 7) is 16.5. The Morgan fingerprint density at radius 2 is 0.611 bits per heavy atom. The molecule has 9 aromatic rings. The van der Waals surface area contributed by atoms with E-state index < -0.39 is 11.1 Å². The lowest BCUT2D eigenvalue weighted by atomic mass is 9.81. The van der Waals surface area contributed by atoms with Crippen molar-refractivity contribution in [2.75, 3.05) is 0 Å². The summed E-state index contributed by atoms with van der Waals surface area (Å²) in [5.41, 5.74) is 4.86. The molecule has 0 fully saturated rings. The lowest BCUT2D eigenvalue weighted by molar-refractivity contribution is 0.804. The Bertz CT molecular complexity index is 2740. The molecule has 6 heteroatoms. The fraction of sp³-hybridized carbons (Fsp3) is 0.0417. The zero-order chi connectivity index (χ0) is 36.9. The number of para-hydroxylation sites is 4. The van der Waals surface area contributed by atoms with E-state index in [1.807, 2.05) is 97.1 Å². The van der Waals surface area contributed by atoms with Crippen LogP contribution >= 0.6 is 0 Å². The molecular formula is C48H28N6. The van der Waals surface area contributed by atoms with Crippen molar-refractivity contribution < 1.29 is 0 Å². The minimum atomic E-state index is -1.63. The molecule has 0 saturated heterocycles. The first-order valence-corrected chi connectivity index (χ1v) is 17.5. The molecule has 54 heavy (non-hydrogen) atoms. The van der Waals surface area contributed by atoms with Crippen LogP contribution in [0.25, 0.3) is 64.7 Å². The minimum absolute atomic E-state index is 0.465. The molecule has 7 aromatic carbocycles. The standard InChI is InChI=1S/C48H28N6/c1-51-47(31-49,35-23-27-37(28-24-35)53-43-15-7-3-11-39(43)40-12-4-8-16-44(40)53)33-19-21-34(22-20-33)48(32-50,52-2)36-25-29-38(30-26-36)54-45-17-9-5-13-41(45)42-14-6-10-18-46(42)54/h3-30H. The summed E-state index contributed by atoms with van der Waals surface area (Å²) in [7, 11) is 0. The van der Waals surface area contributed by atoms with Gasteiger partial charge in [0.1, 0.15) is 0 Å². The van der Waals surface area contributed by atoms with Gasteiger partial charge in [0.15, 0.2) is 12.1 Å². The molecule has 2 atom stereocenters. The average molecular weight is 689 g/mol. The van der Waals surface area contributed by atoms with Gasteiger partial charge in [-0.15, -0.1) is 0 Å². The van der Waals surface area contributed by atoms with E-state index in [0.29, 0.717) is 22.3 Å². The van der Waals surface area contributed by atoms with Gasteiger partial charge in [-0.3, -0.25) is 9.69 Å². The van der Waals surface area contributed by atoms with Crippen LogP contribution in [0.15, 0.2) is 170 Å². The highest BCUT2D eigenvalue weighted by Gasteiger charge is 2.45. The quantitative estimate of drug-likeness (QED) is 0.163. The molecule has 2 aromatic heterocycles. The first-order valence-electron chi connectivity index (χ1n) is 17.5. The minimum Gasteiger partial charge on any atom is -0.309 e. The number of benzene rings is 7. The molecule has 0 amide bonds. The number of aromatic nitrogens is 2. The van der Waals surface area contributed by atoms with Gasteiger partial charge in [-0.05, 0) is 97.1 Å². The van der Waals surface area contributed by atoms with Crippen LogP contribution < -0.4 is 0 Å². The maximum Gasteiger partial charge on any atom is 0.366 e. The summed E-state index contributed by atoms with van der Waals surface area (Å²) in [5, 5.41) is 25.8. The van der Waals surface area contributed by atoms with Gasteiger partial charge < -0.3 is 9.13 Å². The Morgan fingerprint density at radius 3 is 0.852 bits per heavy atom. The largest absolute Gasteiger partial charge is 0.366 e. The van der Waals surface area contributed by atoms with Gasteiger partial charge >= 0.3 is 11.1 Å². The summed E-state index contributed by atoms with van der Waals surface area (Å²) in [4.78, 5) is 7.79. The summed E-state index contributed by atoms with van der Waals surface area (Å²) < 4.78 is 4.38. The molecule has 0 bridgehead atoms. The van der Waals surface area contributed by atoms with Gasteiger partial charge in [0, 0.05) is 32.9 Å². The Kier molecular flexibility index (Phi) is 7.36. The third-order valence-corrected chi connectivity index (χ3v) is 10.6. The Hall–Kier alpha value is -7.90. The van der Waals surface area contributed by atoms with Gasteiger partial charge in [0.05, 0.1) is 44.3 Å². The Labute approximate surface area is 311 Å². The van der Waals surface area contributed by atoms with Crippen LogP contribution in [-0.2, 0) is 11.1 Å². The second kappa shape index (κ2) is 12.4. The lowest BCUT2D eigenvalue weighted by Crippen LogP contribution is -2.24. The normalized spacial score (nSPS) is 13.4. The van der Waals surface area contributed by atoms with E-state index in [1.165, 1.54) is 0 Å². The smallest absolute Gasteiger partial charge is 0.309 e. The van der Waals surface area contributed by atoms with Gasteiger partial charge in [-0.25, -0.2) is 13.1 Å². The first kappa shape index (κ1) is 32.0. The van der Waals surface area contributed by atoms with E-state index in [2.05, 4.69) is 79.5 Å². The van der Waals surface area contributed by atoms with E-state index >= 15 is 0 Å². The van der Waals surface area contributed by atoms with Crippen molar-refractivity contribution in [2.45, 2.75) is 11.1 Å². The fourth-order valence-electron chi connectivity index (χ4n) is 7.96. The van der Waals surface area contributed by atoms with Crippen LogP contribution in [0.2, 0.25) is 0 Å². The van der Waals surface area contributed by atoms with Gasteiger partial charge in [-0.1, -0.05) is 72.8 Å². The predicted molar refractivity (Wildman–Crippen MR) is 214 cm³/mol. The molecule has 9 rings (SSSR count). The third kappa shape index (κ3) is 4.56. The van der Waals surface area contributed by atoms with Gasteiger partial charge in [0.25, 0.3) is 0 Å². The zero-order valence-corrected chi connectivity index (χ0v) is 28.8. The van der Waals surface area contributed by atoms with E-state index in [1.54, 1.807) is 24.3 Å². The van der Waals surface area contributed by atoms with Crippen molar-refractivity contribution in [1.82, 2.24) is 9.13 Å². The zero-order valence-electron chi connectivity index (χ0n) is 28.8. The highest BCUT2D eigenvalue weighted by molar-refractivity contribution is 6.10. The van der Waals surface area contributed by atoms with E-state index in [-0.39, 0.29) is 0 Å². The molecule has 0 aliphatic heterocycles. The van der Waals surface area contributed by atoms with Crippen molar-refractivity contribution in [3.63, 3.8) is 0 Å². The molecule has 6 nitrogen and oxygen atoms in total. The Balaban J connectivity index is 1.07. The highest BCUT2D eigenvalue weighted by atomic mass is 15.0. The third-order valence-electron chi connectivity index (χ3n) is 10.6. The molecular weight excluding hydrogens is 661 g/mol. The number of hydrogen-bond donors (Lipinski definition) is 0. The average Bonchev–Trinajstić information content (AvgIpc) is 3.76. The molecule has 0 spiro atoms. The van der Waals surface area contributed by atoms with E-state index in [0.717, 1.165) is 55.0 Å². The summed E-state index contributed by atoms with van der Waals surface area (Å²) >= 11 is 0. The van der Waals surface area contributed by atoms with Crippen molar-refractivity contribution in [3.8, 4) is 23.5 Å². The monoisotopic (exact) mass is 688 g/mol. The maximum absolute atomic E-state index is 10.6. The number of fused-ring (bicyclic) bond motifs is 6. The number of rotatable bonds is 6. The van der Waals surface area contributed by atoms with Gasteiger partial charge in [-0.2, -0.15) is 10.5 Å². The highest BCUT2D eigenvalue weighted by Crippen LogP contribution is 2.40. The second-order valence-corrected chi connectivity index (χ2v) is 13.3. The van der Waals surface area contributed by atoms with Crippen molar-refractivity contribution in [3.05, 3.63) is 215 Å². The van der Waals surface area contributed by atoms with Crippen LogP contribution in [-0.4, -0.2) is 9.13 Å². The number of hydrogen-bond acceptors (Lipinski definition) is 2. The van der Waals surface area contributed by atoms with Crippen LogP contribution in [0.3, 0.4) is 0 Å². The van der Waals surface area contributed by atoms with E-state index in [4.69, 9.17) is 13.1 Å². The molecule has 0 aliphatic rings. The fourth-order valence-corrected chi connectivity index (χ4v) is 7.96. The van der Waals surface area contributed by atoms with E-state index in [9.17, 15) is 10.5 Å². The SMILES string of the molecule is [C-]#[N+]C(C#N)(c1ccc(-n2c3ccccc3c3ccccc32)cc1)c1ccc(C(C#N)([N+]#[C-])c2ccc(-n3c4ccccc4c4ccccc43)cc2)cc1. The van der Waals surface area contributed by atoms with Crippen LogP contribution in [0.1, 0.15) is 22.3 Å². The number of nitrogens with zero attached hydrogens (tertiary/aromatic N) is 6. The predicted octanol–water partition coefficient (Wildman–Crippen LogP) is 11.3. The lowest BCUT2D eigenvalue weighted by Gasteiger charge is -2.19. The van der Waals surface area contributed by atoms with Crippen LogP contribution in [0, 0.1) is 35.8 Å². The summed E-state index contributed by atoms with van der Waals surface area (Å²) in [6, 6.07) is 59.5. The molecule has 0 saturated carbocycles. The molecule has 0 radical (unpaired) electrons. The van der Waals surface area contributed by atoms with Crippen LogP contribution in [0.5, 0.6) is 0 Å². The number of nitriles is 2. The molecule has 2 unspecified atom stereocenters. The van der Waals surface area contributed by atoms with Gasteiger partial charge in [0.2, 0.25) is 0 Å². The van der Waals surface area contributed by atoms with Crippen LogP contribution in [0.4, 0.5) is 0 Å². The Morgan fingerprint density at radius 1 is 0.370 bits per heavy atom. The topological polar surface area (TPSA) is 66.2 Å². The van der Waals surface area contributed by atoms with Crippen molar-refractivity contribution in [1.29, 1.82) is 10.5 Å².